The van der Waals surface area contributed by atoms with Crippen molar-refractivity contribution in [3.63, 3.8) is 0 Å². The molecule has 2 aromatic carbocycles. The molecule has 1 unspecified atom stereocenters. The quantitative estimate of drug-likeness (QED) is 0.620. The topological polar surface area (TPSA) is 13.1 Å². The number of halogens is 1. The first-order valence-electron chi connectivity index (χ1n) is 7.72. The second-order valence-electron chi connectivity index (χ2n) is 5.92. The average Bonchev–Trinajstić information content (AvgIpc) is 2.99. The third-order valence-electron chi connectivity index (χ3n) is 4.48. The molecular formula is C20H17FO. The molecule has 1 aliphatic carbocycles. The normalized spacial score (nSPS) is 17.2. The lowest BCUT2D eigenvalue weighted by molar-refractivity contribution is 0.465. The third kappa shape index (κ3) is 2.45. The van der Waals surface area contributed by atoms with Crippen molar-refractivity contribution in [1.29, 1.82) is 0 Å². The Kier molecular flexibility index (Phi) is 3.30. The highest BCUT2D eigenvalue weighted by molar-refractivity contribution is 5.59. The van der Waals surface area contributed by atoms with Gasteiger partial charge < -0.3 is 4.42 Å². The van der Waals surface area contributed by atoms with Gasteiger partial charge in [0.15, 0.2) is 0 Å². The van der Waals surface area contributed by atoms with Crippen LogP contribution in [0.2, 0.25) is 0 Å². The van der Waals surface area contributed by atoms with Gasteiger partial charge in [0.05, 0.1) is 0 Å². The van der Waals surface area contributed by atoms with E-state index in [2.05, 4.69) is 36.4 Å². The minimum atomic E-state index is -0.218. The van der Waals surface area contributed by atoms with E-state index >= 15 is 0 Å². The van der Waals surface area contributed by atoms with Gasteiger partial charge in [0.25, 0.3) is 0 Å². The van der Waals surface area contributed by atoms with Crippen LogP contribution in [0.25, 0.3) is 11.3 Å². The summed E-state index contributed by atoms with van der Waals surface area (Å²) >= 11 is 0. The van der Waals surface area contributed by atoms with E-state index in [9.17, 15) is 4.39 Å². The molecule has 0 bridgehead atoms. The van der Waals surface area contributed by atoms with Gasteiger partial charge in [0, 0.05) is 12.0 Å². The van der Waals surface area contributed by atoms with E-state index in [1.54, 1.807) is 12.1 Å². The maximum atomic E-state index is 13.0. The molecule has 0 amide bonds. The molecule has 1 nitrogen and oxygen atoms in total. The molecule has 1 aliphatic rings. The zero-order valence-electron chi connectivity index (χ0n) is 12.3. The van der Waals surface area contributed by atoms with Crippen molar-refractivity contribution >= 4 is 0 Å². The SMILES string of the molecule is Fc1ccc(-c2cc3c(o2)CCC(c2ccccc2)C3)cc1. The summed E-state index contributed by atoms with van der Waals surface area (Å²) in [5.74, 6) is 2.28. The zero-order valence-corrected chi connectivity index (χ0v) is 12.3. The summed E-state index contributed by atoms with van der Waals surface area (Å²) in [5.41, 5.74) is 3.63. The van der Waals surface area contributed by atoms with Crippen molar-refractivity contribution in [3.05, 3.63) is 83.4 Å². The van der Waals surface area contributed by atoms with Crippen LogP contribution in [-0.4, -0.2) is 0 Å². The van der Waals surface area contributed by atoms with Crippen molar-refractivity contribution < 1.29 is 8.81 Å². The van der Waals surface area contributed by atoms with E-state index in [-0.39, 0.29) is 5.82 Å². The molecule has 1 heterocycles. The van der Waals surface area contributed by atoms with Gasteiger partial charge in [-0.15, -0.1) is 0 Å². The Balaban J connectivity index is 1.62. The number of aryl methyl sites for hydroxylation is 1. The molecule has 2 heteroatoms. The van der Waals surface area contributed by atoms with Crippen LogP contribution >= 0.6 is 0 Å². The van der Waals surface area contributed by atoms with Gasteiger partial charge in [0.2, 0.25) is 0 Å². The first-order valence-corrected chi connectivity index (χ1v) is 7.72. The van der Waals surface area contributed by atoms with Crippen LogP contribution in [0.15, 0.2) is 65.1 Å². The Morgan fingerprint density at radius 2 is 1.73 bits per heavy atom. The molecule has 0 saturated carbocycles. The summed E-state index contributed by atoms with van der Waals surface area (Å²) in [6.07, 6.45) is 3.10. The zero-order chi connectivity index (χ0) is 14.9. The summed E-state index contributed by atoms with van der Waals surface area (Å²) in [6, 6.07) is 19.3. The molecule has 0 radical (unpaired) electrons. The third-order valence-corrected chi connectivity index (χ3v) is 4.48. The fraction of sp³-hybridized carbons (Fsp3) is 0.200. The van der Waals surface area contributed by atoms with E-state index in [1.807, 2.05) is 0 Å². The fourth-order valence-electron chi connectivity index (χ4n) is 3.29. The highest BCUT2D eigenvalue weighted by atomic mass is 19.1. The Morgan fingerprint density at radius 3 is 2.50 bits per heavy atom. The Hall–Kier alpha value is -2.35. The smallest absolute Gasteiger partial charge is 0.134 e. The molecule has 4 rings (SSSR count). The average molecular weight is 292 g/mol. The van der Waals surface area contributed by atoms with Crippen LogP contribution in [0.5, 0.6) is 0 Å². The van der Waals surface area contributed by atoms with Crippen molar-refractivity contribution in [3.8, 4) is 11.3 Å². The molecule has 0 aliphatic heterocycles. The van der Waals surface area contributed by atoms with E-state index in [0.29, 0.717) is 5.92 Å². The highest BCUT2D eigenvalue weighted by Gasteiger charge is 2.23. The van der Waals surface area contributed by atoms with Crippen LogP contribution in [-0.2, 0) is 12.8 Å². The molecule has 1 atom stereocenters. The van der Waals surface area contributed by atoms with Gasteiger partial charge in [-0.2, -0.15) is 0 Å². The molecule has 22 heavy (non-hydrogen) atoms. The van der Waals surface area contributed by atoms with Crippen LogP contribution in [0.4, 0.5) is 4.39 Å². The highest BCUT2D eigenvalue weighted by Crippen LogP contribution is 2.36. The van der Waals surface area contributed by atoms with Crippen molar-refractivity contribution in [2.24, 2.45) is 0 Å². The van der Waals surface area contributed by atoms with E-state index in [0.717, 1.165) is 36.3 Å². The van der Waals surface area contributed by atoms with Gasteiger partial charge in [-0.3, -0.25) is 0 Å². The molecule has 0 fully saturated rings. The maximum absolute atomic E-state index is 13.0. The molecular weight excluding hydrogens is 275 g/mol. The van der Waals surface area contributed by atoms with Gasteiger partial charge in [-0.1, -0.05) is 30.3 Å². The summed E-state index contributed by atoms with van der Waals surface area (Å²) in [5, 5.41) is 0. The number of furan rings is 1. The van der Waals surface area contributed by atoms with E-state index in [1.165, 1.54) is 23.3 Å². The molecule has 0 spiro atoms. The first-order chi connectivity index (χ1) is 10.8. The second-order valence-corrected chi connectivity index (χ2v) is 5.92. The second kappa shape index (κ2) is 5.45. The lowest BCUT2D eigenvalue weighted by atomic mass is 9.83. The van der Waals surface area contributed by atoms with Crippen LogP contribution < -0.4 is 0 Å². The van der Waals surface area contributed by atoms with Crippen molar-refractivity contribution in [2.75, 3.05) is 0 Å². The Morgan fingerprint density at radius 1 is 0.955 bits per heavy atom. The van der Waals surface area contributed by atoms with Gasteiger partial charge in [-0.05, 0) is 60.2 Å². The summed E-state index contributed by atoms with van der Waals surface area (Å²) < 4.78 is 19.0. The molecule has 3 aromatic rings. The lowest BCUT2D eigenvalue weighted by Crippen LogP contribution is -2.10. The van der Waals surface area contributed by atoms with Crippen molar-refractivity contribution in [1.82, 2.24) is 0 Å². The fourth-order valence-corrected chi connectivity index (χ4v) is 3.29. The molecule has 110 valence electrons. The van der Waals surface area contributed by atoms with Gasteiger partial charge in [-0.25, -0.2) is 4.39 Å². The summed E-state index contributed by atoms with van der Waals surface area (Å²) in [4.78, 5) is 0. The van der Waals surface area contributed by atoms with Gasteiger partial charge >= 0.3 is 0 Å². The van der Waals surface area contributed by atoms with Crippen LogP contribution in [0.3, 0.4) is 0 Å². The van der Waals surface area contributed by atoms with E-state index < -0.39 is 0 Å². The minimum Gasteiger partial charge on any atom is -0.461 e. The number of benzene rings is 2. The Labute approximate surface area is 129 Å². The number of rotatable bonds is 2. The lowest BCUT2D eigenvalue weighted by Gasteiger charge is -2.21. The predicted octanol–water partition coefficient (Wildman–Crippen LogP) is 5.36. The molecule has 1 aromatic heterocycles. The maximum Gasteiger partial charge on any atom is 0.134 e. The molecule has 0 N–H and O–H groups in total. The summed E-state index contributed by atoms with van der Waals surface area (Å²) in [7, 11) is 0. The Bertz CT molecular complexity index is 771. The standard InChI is InChI=1S/C20H17FO/c21-18-9-6-15(7-10-18)20-13-17-12-16(8-11-19(17)22-20)14-4-2-1-3-5-14/h1-7,9-10,13,16H,8,11-12H2. The van der Waals surface area contributed by atoms with Crippen LogP contribution in [0, 0.1) is 5.82 Å². The number of hydrogen-bond donors (Lipinski definition) is 0. The number of hydrogen-bond acceptors (Lipinski definition) is 1. The van der Waals surface area contributed by atoms with E-state index in [4.69, 9.17) is 4.42 Å². The first kappa shape index (κ1) is 13.3. The predicted molar refractivity (Wildman–Crippen MR) is 85.3 cm³/mol. The molecule has 0 saturated heterocycles. The van der Waals surface area contributed by atoms with Gasteiger partial charge in [0.1, 0.15) is 17.3 Å². The minimum absolute atomic E-state index is 0.218. The van der Waals surface area contributed by atoms with Crippen LogP contribution in [0.1, 0.15) is 29.2 Å². The largest absolute Gasteiger partial charge is 0.461 e. The van der Waals surface area contributed by atoms with Crippen molar-refractivity contribution in [2.45, 2.75) is 25.2 Å². The number of fused-ring (bicyclic) bond motifs is 1. The summed E-state index contributed by atoms with van der Waals surface area (Å²) in [6.45, 7) is 0. The monoisotopic (exact) mass is 292 g/mol.